The molecule has 0 aliphatic carbocycles. The molecule has 1 amide bonds. The van der Waals surface area contributed by atoms with Crippen LogP contribution in [0.3, 0.4) is 0 Å². The summed E-state index contributed by atoms with van der Waals surface area (Å²) in [5.74, 6) is 0.242. The lowest BCUT2D eigenvalue weighted by molar-refractivity contribution is -0.114. The molecule has 0 unspecified atom stereocenters. The minimum Gasteiger partial charge on any atom is -0.398 e. The summed E-state index contributed by atoms with van der Waals surface area (Å²) in [7, 11) is 1.72. The van der Waals surface area contributed by atoms with Gasteiger partial charge in [-0.15, -0.1) is 0 Å². The second-order valence-corrected chi connectivity index (χ2v) is 6.18. The molecule has 1 rings (SSSR count). The normalized spacial score (nSPS) is 14.7. The van der Waals surface area contributed by atoms with Crippen LogP contribution in [-0.4, -0.2) is 18.8 Å². The van der Waals surface area contributed by atoms with Crippen molar-refractivity contribution in [3.63, 3.8) is 0 Å². The van der Waals surface area contributed by atoms with Crippen LogP contribution in [0.2, 0.25) is 0 Å². The average molecular weight is 367 g/mol. The van der Waals surface area contributed by atoms with E-state index < -0.39 is 5.91 Å². The minimum absolute atomic E-state index is 0.441. The number of para-hydroxylation sites is 1. The Kier molecular flexibility index (Phi) is 8.79. The topological polar surface area (TPSA) is 93.5 Å². The van der Waals surface area contributed by atoms with Crippen LogP contribution in [0.1, 0.15) is 34.1 Å². The maximum Gasteiger partial charge on any atom is 0.244 e. The van der Waals surface area contributed by atoms with Gasteiger partial charge in [-0.25, -0.2) is 0 Å². The van der Waals surface area contributed by atoms with Crippen LogP contribution in [0.5, 0.6) is 0 Å². The first kappa shape index (κ1) is 22.0. The number of anilines is 1. The smallest absolute Gasteiger partial charge is 0.244 e. The minimum atomic E-state index is -0.441. The third-order valence-electron chi connectivity index (χ3n) is 4.20. The number of carbonyl (C=O) groups excluding carboxylic acids is 1. The predicted octanol–water partition coefficient (Wildman–Crippen LogP) is 4.07. The molecule has 0 fully saturated rings. The van der Waals surface area contributed by atoms with Gasteiger partial charge in [-0.1, -0.05) is 37.3 Å². The molecule has 27 heavy (non-hydrogen) atoms. The molecule has 1 aromatic carbocycles. The van der Waals surface area contributed by atoms with E-state index in [1.165, 1.54) is 0 Å². The maximum absolute atomic E-state index is 11.4. The molecule has 0 aromatic heterocycles. The largest absolute Gasteiger partial charge is 0.398 e. The molecular weight excluding hydrogens is 336 g/mol. The van der Waals surface area contributed by atoms with Crippen molar-refractivity contribution in [1.82, 2.24) is 0 Å². The van der Waals surface area contributed by atoms with Gasteiger partial charge in [0.25, 0.3) is 0 Å². The summed E-state index contributed by atoms with van der Waals surface area (Å²) in [6, 6.07) is 9.79. The molecule has 0 radical (unpaired) electrons. The molecule has 0 aliphatic heterocycles. The van der Waals surface area contributed by atoms with Crippen LogP contribution in [0.25, 0.3) is 0 Å². The monoisotopic (exact) mass is 366 g/mol. The second-order valence-electron chi connectivity index (χ2n) is 6.18. The van der Waals surface area contributed by atoms with Gasteiger partial charge in [0.2, 0.25) is 5.91 Å². The summed E-state index contributed by atoms with van der Waals surface area (Å²) in [5.41, 5.74) is 16.3. The number of carbonyl (C=O) groups is 1. The van der Waals surface area contributed by atoms with Crippen molar-refractivity contribution in [3.8, 4) is 0 Å². The zero-order valence-electron chi connectivity index (χ0n) is 16.8. The fraction of sp³-hybridized carbons (Fsp3) is 0.273. The first-order chi connectivity index (χ1) is 12.8. The summed E-state index contributed by atoms with van der Waals surface area (Å²) in [6.45, 7) is 7.52. The lowest BCUT2D eigenvalue weighted by atomic mass is 10.0. The van der Waals surface area contributed by atoms with Crippen LogP contribution in [0.4, 0.5) is 5.69 Å². The third kappa shape index (κ3) is 6.62. The van der Waals surface area contributed by atoms with Crippen LogP contribution < -0.4 is 16.8 Å². The Balaban J connectivity index is 3.36. The highest BCUT2D eigenvalue weighted by Crippen LogP contribution is 2.18. The Hall–Kier alpha value is -3.08. The number of rotatable bonds is 7. The Morgan fingerprint density at radius 3 is 2.26 bits per heavy atom. The highest BCUT2D eigenvalue weighted by molar-refractivity contribution is 6.08. The molecule has 5 heteroatoms. The molecule has 5 N–H and O–H groups in total. The number of primary amides is 1. The summed E-state index contributed by atoms with van der Waals surface area (Å²) in [6.07, 6.45) is 6.72. The van der Waals surface area contributed by atoms with Crippen molar-refractivity contribution in [2.24, 2.45) is 16.5 Å². The summed E-state index contributed by atoms with van der Waals surface area (Å²) < 4.78 is 0. The fourth-order valence-electron chi connectivity index (χ4n) is 2.32. The number of nitrogens with zero attached hydrogens (tertiary/aromatic N) is 1. The Labute approximate surface area is 162 Å². The number of benzene rings is 1. The highest BCUT2D eigenvalue weighted by Gasteiger charge is 2.10. The van der Waals surface area contributed by atoms with E-state index in [0.717, 1.165) is 28.8 Å². The molecule has 0 heterocycles. The number of amides is 1. The van der Waals surface area contributed by atoms with Gasteiger partial charge in [-0.2, -0.15) is 0 Å². The zero-order valence-corrected chi connectivity index (χ0v) is 16.8. The van der Waals surface area contributed by atoms with E-state index >= 15 is 0 Å². The molecule has 0 saturated heterocycles. The summed E-state index contributed by atoms with van der Waals surface area (Å²) >= 11 is 0. The van der Waals surface area contributed by atoms with Crippen LogP contribution >= 0.6 is 0 Å². The van der Waals surface area contributed by atoms with Gasteiger partial charge in [0.1, 0.15) is 5.84 Å². The van der Waals surface area contributed by atoms with Crippen molar-refractivity contribution in [2.45, 2.75) is 34.1 Å². The van der Waals surface area contributed by atoms with E-state index in [9.17, 15) is 4.79 Å². The molecule has 0 aliphatic rings. The van der Waals surface area contributed by atoms with E-state index in [4.69, 9.17) is 11.5 Å². The van der Waals surface area contributed by atoms with Gasteiger partial charge in [0.15, 0.2) is 0 Å². The van der Waals surface area contributed by atoms with Crippen molar-refractivity contribution in [1.29, 1.82) is 0 Å². The molecule has 5 nitrogen and oxygen atoms in total. The molecule has 0 saturated carbocycles. The van der Waals surface area contributed by atoms with Gasteiger partial charge in [-0.05, 0) is 56.5 Å². The van der Waals surface area contributed by atoms with Crippen molar-refractivity contribution in [3.05, 3.63) is 76.5 Å². The molecular formula is C22H30N4O. The number of aliphatic imine (C=N–C) groups is 1. The highest BCUT2D eigenvalue weighted by atomic mass is 16.1. The summed E-state index contributed by atoms with van der Waals surface area (Å²) in [4.78, 5) is 15.8. The number of nitrogens with two attached hydrogens (primary N) is 2. The lowest BCUT2D eigenvalue weighted by Crippen LogP contribution is -2.18. The van der Waals surface area contributed by atoms with Crippen LogP contribution in [0.15, 0.2) is 81.5 Å². The number of amidine groups is 1. The molecule has 0 spiro atoms. The van der Waals surface area contributed by atoms with Crippen molar-refractivity contribution in [2.75, 3.05) is 12.4 Å². The van der Waals surface area contributed by atoms with Crippen LogP contribution in [0, 0.1) is 0 Å². The molecule has 0 bridgehead atoms. The van der Waals surface area contributed by atoms with E-state index in [1.54, 1.807) is 14.0 Å². The Morgan fingerprint density at radius 1 is 1.11 bits per heavy atom. The van der Waals surface area contributed by atoms with Gasteiger partial charge in [0.05, 0.1) is 0 Å². The van der Waals surface area contributed by atoms with Gasteiger partial charge >= 0.3 is 0 Å². The molecule has 1 aromatic rings. The van der Waals surface area contributed by atoms with E-state index in [0.29, 0.717) is 17.1 Å². The Morgan fingerprint density at radius 2 is 1.74 bits per heavy atom. The van der Waals surface area contributed by atoms with Gasteiger partial charge in [0, 0.05) is 29.6 Å². The first-order valence-electron chi connectivity index (χ1n) is 8.93. The van der Waals surface area contributed by atoms with Gasteiger partial charge in [-0.3, -0.25) is 9.79 Å². The number of hydrogen-bond donors (Lipinski definition) is 3. The maximum atomic E-state index is 11.4. The average Bonchev–Trinajstić information content (AvgIpc) is 2.68. The summed E-state index contributed by atoms with van der Waals surface area (Å²) in [5, 5.41) is 3.29. The Bertz CT molecular complexity index is 812. The van der Waals surface area contributed by atoms with E-state index in [2.05, 4.69) is 10.3 Å². The first-order valence-corrected chi connectivity index (χ1v) is 8.93. The standard InChI is InChI=1S/C22H30N4O/c1-6-7-11-18(14-15(2)16(3)21(24)27)20(23)17(4)22(25-5)26-19-12-9-8-10-13-19/h7-14H,6,23H2,1-5H3,(H2,24,27)(H,25,26)/b11-7-,16-15+,18-14+,20-17?. The number of allylic oxidation sites excluding steroid dienone is 4. The lowest BCUT2D eigenvalue weighted by Gasteiger charge is -2.14. The molecule has 0 atom stereocenters. The predicted molar refractivity (Wildman–Crippen MR) is 115 cm³/mol. The quantitative estimate of drug-likeness (QED) is 0.294. The zero-order chi connectivity index (χ0) is 20.4. The third-order valence-corrected chi connectivity index (χ3v) is 4.20. The fourth-order valence-corrected chi connectivity index (χ4v) is 2.32. The van der Waals surface area contributed by atoms with E-state index in [-0.39, 0.29) is 0 Å². The SMILES string of the molecule is CC\C=C/C(=C\C(C)=C(/C)C(N)=O)C(N)=C(C)C(=NC)Nc1ccccc1. The van der Waals surface area contributed by atoms with Crippen molar-refractivity contribution >= 4 is 17.4 Å². The number of hydrogen-bond acceptors (Lipinski definition) is 3. The second kappa shape index (κ2) is 10.8. The van der Waals surface area contributed by atoms with E-state index in [1.807, 2.05) is 69.3 Å². The van der Waals surface area contributed by atoms with Gasteiger partial charge < -0.3 is 16.8 Å². The van der Waals surface area contributed by atoms with Crippen molar-refractivity contribution < 1.29 is 4.79 Å². The number of nitrogens with one attached hydrogen (secondary N) is 1. The van der Waals surface area contributed by atoms with Crippen LogP contribution in [-0.2, 0) is 4.79 Å². The molecule has 144 valence electrons.